The highest BCUT2D eigenvalue weighted by Crippen LogP contribution is 2.29. The predicted molar refractivity (Wildman–Crippen MR) is 80.3 cm³/mol. The molecule has 2 aliphatic carbocycles. The highest BCUT2D eigenvalue weighted by atomic mass is 16.3. The maximum Gasteiger partial charge on any atom is 0.234 e. The van der Waals surface area contributed by atoms with Crippen molar-refractivity contribution in [3.8, 4) is 0 Å². The van der Waals surface area contributed by atoms with Gasteiger partial charge in [0.1, 0.15) is 0 Å². The SMILES string of the molecule is CC1CCCC(NC(=O)CN(C)CC2CC(O)C2)C1C. The molecule has 0 aromatic rings. The standard InChI is InChI=1S/C16H30N2O2/c1-11-5-4-6-15(12(11)2)17-16(20)10-18(3)9-13-7-14(19)8-13/h11-15,19H,4-10H2,1-3H3,(H,17,20). The van der Waals surface area contributed by atoms with Crippen molar-refractivity contribution in [3.05, 3.63) is 0 Å². The van der Waals surface area contributed by atoms with Crippen LogP contribution in [0.5, 0.6) is 0 Å². The van der Waals surface area contributed by atoms with Crippen molar-refractivity contribution in [1.29, 1.82) is 0 Å². The van der Waals surface area contributed by atoms with Crippen LogP contribution in [0.1, 0.15) is 46.0 Å². The average molecular weight is 282 g/mol. The number of likely N-dealkylation sites (N-methyl/N-ethyl adjacent to an activating group) is 1. The van der Waals surface area contributed by atoms with Crippen LogP contribution in [-0.2, 0) is 4.79 Å². The van der Waals surface area contributed by atoms with Crippen molar-refractivity contribution >= 4 is 5.91 Å². The lowest BCUT2D eigenvalue weighted by Gasteiger charge is -2.36. The fourth-order valence-electron chi connectivity index (χ4n) is 3.64. The van der Waals surface area contributed by atoms with Gasteiger partial charge in [0.05, 0.1) is 12.6 Å². The number of carbonyl (C=O) groups is 1. The van der Waals surface area contributed by atoms with Gasteiger partial charge in [-0.15, -0.1) is 0 Å². The monoisotopic (exact) mass is 282 g/mol. The second-order valence-corrected chi connectivity index (χ2v) is 7.13. The van der Waals surface area contributed by atoms with Crippen molar-refractivity contribution in [2.45, 2.75) is 58.1 Å². The molecule has 0 spiro atoms. The third-order valence-corrected chi connectivity index (χ3v) is 5.25. The Bertz CT molecular complexity index is 328. The smallest absolute Gasteiger partial charge is 0.234 e. The van der Waals surface area contributed by atoms with Crippen molar-refractivity contribution in [2.75, 3.05) is 20.1 Å². The molecule has 0 heterocycles. The zero-order valence-corrected chi connectivity index (χ0v) is 13.1. The highest BCUT2D eigenvalue weighted by molar-refractivity contribution is 5.78. The summed E-state index contributed by atoms with van der Waals surface area (Å²) < 4.78 is 0. The summed E-state index contributed by atoms with van der Waals surface area (Å²) >= 11 is 0. The lowest BCUT2D eigenvalue weighted by atomic mass is 9.78. The third kappa shape index (κ3) is 4.19. The zero-order chi connectivity index (χ0) is 14.7. The van der Waals surface area contributed by atoms with E-state index in [9.17, 15) is 9.90 Å². The Morgan fingerprint density at radius 1 is 1.30 bits per heavy atom. The van der Waals surface area contributed by atoms with Gasteiger partial charge in [-0.25, -0.2) is 0 Å². The Balaban J connectivity index is 1.69. The molecule has 4 nitrogen and oxygen atoms in total. The van der Waals surface area contributed by atoms with E-state index in [1.54, 1.807) is 0 Å². The molecule has 116 valence electrons. The lowest BCUT2D eigenvalue weighted by molar-refractivity contribution is -0.123. The largest absolute Gasteiger partial charge is 0.393 e. The molecule has 0 aliphatic heterocycles. The molecular formula is C16H30N2O2. The summed E-state index contributed by atoms with van der Waals surface area (Å²) in [6.45, 7) is 5.94. The van der Waals surface area contributed by atoms with Crippen LogP contribution in [-0.4, -0.2) is 48.2 Å². The molecule has 4 heteroatoms. The fourth-order valence-corrected chi connectivity index (χ4v) is 3.64. The molecule has 0 aromatic heterocycles. The fraction of sp³-hybridized carbons (Fsp3) is 0.938. The van der Waals surface area contributed by atoms with Crippen molar-refractivity contribution in [2.24, 2.45) is 17.8 Å². The summed E-state index contributed by atoms with van der Waals surface area (Å²) in [5.74, 6) is 2.01. The van der Waals surface area contributed by atoms with E-state index in [4.69, 9.17) is 0 Å². The number of hydrogen-bond acceptors (Lipinski definition) is 3. The second-order valence-electron chi connectivity index (χ2n) is 7.13. The van der Waals surface area contributed by atoms with Crippen LogP contribution in [0.3, 0.4) is 0 Å². The average Bonchev–Trinajstić information content (AvgIpc) is 2.33. The van der Waals surface area contributed by atoms with Crippen molar-refractivity contribution in [3.63, 3.8) is 0 Å². The van der Waals surface area contributed by atoms with Gasteiger partial charge < -0.3 is 10.4 Å². The Morgan fingerprint density at radius 3 is 2.65 bits per heavy atom. The van der Waals surface area contributed by atoms with Gasteiger partial charge in [0, 0.05) is 12.6 Å². The molecule has 2 rings (SSSR count). The number of aliphatic hydroxyl groups is 1. The van der Waals surface area contributed by atoms with Gasteiger partial charge in [0.25, 0.3) is 0 Å². The summed E-state index contributed by atoms with van der Waals surface area (Å²) in [6.07, 6.45) is 5.32. The number of hydrogen-bond donors (Lipinski definition) is 2. The lowest BCUT2D eigenvalue weighted by Crippen LogP contribution is -2.48. The van der Waals surface area contributed by atoms with E-state index in [2.05, 4.69) is 24.1 Å². The minimum atomic E-state index is -0.105. The molecule has 2 aliphatic rings. The van der Waals surface area contributed by atoms with E-state index in [1.165, 1.54) is 12.8 Å². The molecule has 0 radical (unpaired) electrons. The van der Waals surface area contributed by atoms with Crippen LogP contribution in [0.25, 0.3) is 0 Å². The van der Waals surface area contributed by atoms with E-state index in [-0.39, 0.29) is 12.0 Å². The minimum Gasteiger partial charge on any atom is -0.393 e. The first-order valence-electron chi connectivity index (χ1n) is 8.11. The first-order valence-corrected chi connectivity index (χ1v) is 8.11. The number of carbonyl (C=O) groups excluding carboxylic acids is 1. The summed E-state index contributed by atoms with van der Waals surface area (Å²) in [6, 6.07) is 0.352. The molecule has 2 saturated carbocycles. The van der Waals surface area contributed by atoms with E-state index in [1.807, 2.05) is 7.05 Å². The Morgan fingerprint density at radius 2 is 2.00 bits per heavy atom. The molecule has 2 N–H and O–H groups in total. The Kier molecular flexibility index (Phi) is 5.44. The van der Waals surface area contributed by atoms with Crippen molar-refractivity contribution < 1.29 is 9.90 Å². The Labute approximate surface area is 122 Å². The predicted octanol–water partition coefficient (Wildman–Crippen LogP) is 1.63. The van der Waals surface area contributed by atoms with Gasteiger partial charge in [-0.3, -0.25) is 9.69 Å². The summed E-state index contributed by atoms with van der Waals surface area (Å²) in [5.41, 5.74) is 0. The number of nitrogens with one attached hydrogen (secondary N) is 1. The third-order valence-electron chi connectivity index (χ3n) is 5.25. The normalized spacial score (nSPS) is 37.5. The van der Waals surface area contributed by atoms with Gasteiger partial charge in [-0.2, -0.15) is 0 Å². The zero-order valence-electron chi connectivity index (χ0n) is 13.1. The summed E-state index contributed by atoms with van der Waals surface area (Å²) in [7, 11) is 2.00. The molecule has 3 atom stereocenters. The van der Waals surface area contributed by atoms with Gasteiger partial charge in [-0.1, -0.05) is 26.7 Å². The van der Waals surface area contributed by atoms with Crippen LogP contribution in [0.15, 0.2) is 0 Å². The van der Waals surface area contributed by atoms with Gasteiger partial charge in [-0.05, 0) is 44.1 Å². The molecule has 20 heavy (non-hydrogen) atoms. The quantitative estimate of drug-likeness (QED) is 0.806. The van der Waals surface area contributed by atoms with Gasteiger partial charge >= 0.3 is 0 Å². The van der Waals surface area contributed by atoms with Crippen molar-refractivity contribution in [1.82, 2.24) is 10.2 Å². The maximum absolute atomic E-state index is 12.1. The maximum atomic E-state index is 12.1. The van der Waals surface area contributed by atoms with E-state index < -0.39 is 0 Å². The molecule has 0 aromatic carbocycles. The molecule has 0 saturated heterocycles. The summed E-state index contributed by atoms with van der Waals surface area (Å²) in [4.78, 5) is 14.2. The Hall–Kier alpha value is -0.610. The van der Waals surface area contributed by atoms with E-state index in [0.29, 0.717) is 30.3 Å². The summed E-state index contributed by atoms with van der Waals surface area (Å²) in [5, 5.41) is 12.5. The number of nitrogens with zero attached hydrogens (tertiary/aromatic N) is 1. The van der Waals surface area contributed by atoms with E-state index >= 15 is 0 Å². The first-order chi connectivity index (χ1) is 9.45. The number of rotatable bonds is 5. The number of aliphatic hydroxyl groups excluding tert-OH is 1. The minimum absolute atomic E-state index is 0.105. The molecule has 3 unspecified atom stereocenters. The first kappa shape index (κ1) is 15.8. The van der Waals surface area contributed by atoms with Crippen LogP contribution in [0.2, 0.25) is 0 Å². The molecular weight excluding hydrogens is 252 g/mol. The number of amides is 1. The topological polar surface area (TPSA) is 52.6 Å². The van der Waals surface area contributed by atoms with E-state index in [0.717, 1.165) is 25.8 Å². The molecule has 0 bridgehead atoms. The van der Waals surface area contributed by atoms with Crippen LogP contribution < -0.4 is 5.32 Å². The van der Waals surface area contributed by atoms with Crippen LogP contribution >= 0.6 is 0 Å². The van der Waals surface area contributed by atoms with Gasteiger partial charge in [0.15, 0.2) is 0 Å². The van der Waals surface area contributed by atoms with Gasteiger partial charge in [0.2, 0.25) is 5.91 Å². The molecule has 2 fully saturated rings. The molecule has 1 amide bonds. The van der Waals surface area contributed by atoms with Crippen LogP contribution in [0, 0.1) is 17.8 Å². The second kappa shape index (κ2) is 6.90. The van der Waals surface area contributed by atoms with Crippen LogP contribution in [0.4, 0.5) is 0 Å². The highest BCUT2D eigenvalue weighted by Gasteiger charge is 2.30.